The number of nitrogens with zero attached hydrogens (tertiary/aromatic N) is 1. The molecule has 0 saturated carbocycles. The molecule has 4 N–H and O–H groups in total. The molecule has 3 aromatic rings. The van der Waals surface area contributed by atoms with Crippen molar-refractivity contribution in [3.05, 3.63) is 95.6 Å². The van der Waals surface area contributed by atoms with Crippen molar-refractivity contribution in [3.63, 3.8) is 0 Å². The van der Waals surface area contributed by atoms with Crippen LogP contribution in [0.25, 0.3) is 10.8 Å². The standard InChI is InChI=1S/C31H30N4O7/c36-26(33-25-15-27(37)42-31(25)41)18-35-17-19(16-32-28(38)21-7-2-1-3-8-21)10-13-24(30(35)40)34-29(39)23-12-11-20-6-4-5-9-22(20)14-23/h1-12,14,24-25,31,41H,13,15-18H2,(H,32,38)(H,33,36)(H,34,39)/t24-,25-,31?/m0/s1. The predicted molar refractivity (Wildman–Crippen MR) is 152 cm³/mol. The normalized spacial score (nSPS) is 20.4. The van der Waals surface area contributed by atoms with Crippen LogP contribution in [0.5, 0.6) is 0 Å². The molecule has 0 aliphatic carbocycles. The number of cyclic esters (lactones) is 1. The second-order valence-corrected chi connectivity index (χ2v) is 10.2. The van der Waals surface area contributed by atoms with Crippen LogP contribution in [-0.2, 0) is 19.1 Å². The molecule has 1 saturated heterocycles. The molecule has 0 radical (unpaired) electrons. The van der Waals surface area contributed by atoms with Crippen molar-refractivity contribution >= 4 is 40.4 Å². The Bertz CT molecular complexity index is 1560. The molecule has 1 unspecified atom stereocenters. The van der Waals surface area contributed by atoms with E-state index in [1.807, 2.05) is 30.3 Å². The number of benzene rings is 3. The van der Waals surface area contributed by atoms with Crippen molar-refractivity contribution in [2.24, 2.45) is 0 Å². The number of hydrogen-bond acceptors (Lipinski definition) is 7. The molecule has 4 amide bonds. The van der Waals surface area contributed by atoms with E-state index < -0.39 is 48.6 Å². The molecule has 5 rings (SSSR count). The van der Waals surface area contributed by atoms with Crippen molar-refractivity contribution in [2.75, 3.05) is 19.6 Å². The molecule has 11 heteroatoms. The minimum atomic E-state index is -1.47. The summed E-state index contributed by atoms with van der Waals surface area (Å²) in [6.07, 6.45) is 0.261. The van der Waals surface area contributed by atoms with Crippen molar-refractivity contribution in [1.29, 1.82) is 0 Å². The minimum Gasteiger partial charge on any atom is -0.434 e. The number of aliphatic hydroxyl groups is 1. The first-order valence-electron chi connectivity index (χ1n) is 13.5. The molecular formula is C31H30N4O7. The smallest absolute Gasteiger partial charge is 0.310 e. The summed E-state index contributed by atoms with van der Waals surface area (Å²) >= 11 is 0. The highest BCUT2D eigenvalue weighted by Crippen LogP contribution is 2.18. The number of esters is 1. The summed E-state index contributed by atoms with van der Waals surface area (Å²) in [5, 5.41) is 19.9. The summed E-state index contributed by atoms with van der Waals surface area (Å²) in [7, 11) is 0. The molecule has 3 aromatic carbocycles. The first-order valence-corrected chi connectivity index (χ1v) is 13.5. The largest absolute Gasteiger partial charge is 0.434 e. The summed E-state index contributed by atoms with van der Waals surface area (Å²) in [5.74, 6) is -2.48. The number of fused-ring (bicyclic) bond motifs is 1. The van der Waals surface area contributed by atoms with E-state index in [9.17, 15) is 29.1 Å². The molecule has 2 aliphatic rings. The lowest BCUT2D eigenvalue weighted by atomic mass is 10.1. The Hall–Kier alpha value is -5.03. The molecule has 2 aliphatic heterocycles. The van der Waals surface area contributed by atoms with Gasteiger partial charge in [0.15, 0.2) is 0 Å². The zero-order valence-corrected chi connectivity index (χ0v) is 22.6. The highest BCUT2D eigenvalue weighted by Gasteiger charge is 2.36. The Kier molecular flexibility index (Phi) is 8.58. The van der Waals surface area contributed by atoms with Crippen LogP contribution in [0.15, 0.2) is 84.4 Å². The van der Waals surface area contributed by atoms with E-state index in [2.05, 4.69) is 20.7 Å². The van der Waals surface area contributed by atoms with E-state index in [1.165, 1.54) is 4.90 Å². The maximum atomic E-state index is 13.6. The van der Waals surface area contributed by atoms with E-state index in [1.54, 1.807) is 48.5 Å². The van der Waals surface area contributed by atoms with Crippen LogP contribution in [0, 0.1) is 0 Å². The van der Waals surface area contributed by atoms with Crippen molar-refractivity contribution in [1.82, 2.24) is 20.9 Å². The Morgan fingerprint density at radius 2 is 1.62 bits per heavy atom. The van der Waals surface area contributed by atoms with Gasteiger partial charge in [-0.1, -0.05) is 54.6 Å². The van der Waals surface area contributed by atoms with Gasteiger partial charge in [-0.3, -0.25) is 24.0 Å². The van der Waals surface area contributed by atoms with E-state index >= 15 is 0 Å². The predicted octanol–water partition coefficient (Wildman–Crippen LogP) is 1.28. The molecule has 11 nitrogen and oxygen atoms in total. The lowest BCUT2D eigenvalue weighted by Crippen LogP contribution is -2.52. The van der Waals surface area contributed by atoms with Gasteiger partial charge in [-0.05, 0) is 47.0 Å². The van der Waals surface area contributed by atoms with Gasteiger partial charge < -0.3 is 30.7 Å². The maximum absolute atomic E-state index is 13.6. The monoisotopic (exact) mass is 570 g/mol. The van der Waals surface area contributed by atoms with Crippen LogP contribution in [0.2, 0.25) is 0 Å². The lowest BCUT2D eigenvalue weighted by molar-refractivity contribution is -0.155. The van der Waals surface area contributed by atoms with Crippen molar-refractivity contribution in [3.8, 4) is 0 Å². The van der Waals surface area contributed by atoms with E-state index in [-0.39, 0.29) is 31.8 Å². The van der Waals surface area contributed by atoms with Crippen LogP contribution in [0.3, 0.4) is 0 Å². The summed E-state index contributed by atoms with van der Waals surface area (Å²) in [6.45, 7) is -0.261. The summed E-state index contributed by atoms with van der Waals surface area (Å²) in [5.41, 5.74) is 1.53. The number of rotatable bonds is 8. The first kappa shape index (κ1) is 28.5. The lowest BCUT2D eigenvalue weighted by Gasteiger charge is -2.26. The third-order valence-corrected chi connectivity index (χ3v) is 7.14. The Labute approximate surface area is 241 Å². The van der Waals surface area contributed by atoms with Gasteiger partial charge in [0, 0.05) is 24.2 Å². The number of ether oxygens (including phenoxy) is 1. The molecule has 0 spiro atoms. The Balaban J connectivity index is 1.31. The van der Waals surface area contributed by atoms with Crippen molar-refractivity contribution in [2.45, 2.75) is 31.2 Å². The first-order chi connectivity index (χ1) is 20.3. The summed E-state index contributed by atoms with van der Waals surface area (Å²) in [4.78, 5) is 65.0. The molecule has 0 aromatic heterocycles. The third-order valence-electron chi connectivity index (χ3n) is 7.14. The van der Waals surface area contributed by atoms with Gasteiger partial charge in [0.2, 0.25) is 18.1 Å². The fraction of sp³-hybridized carbons (Fsp3) is 0.258. The van der Waals surface area contributed by atoms with Gasteiger partial charge in [0.25, 0.3) is 11.8 Å². The van der Waals surface area contributed by atoms with Gasteiger partial charge in [-0.2, -0.15) is 0 Å². The summed E-state index contributed by atoms with van der Waals surface area (Å²) < 4.78 is 4.67. The summed E-state index contributed by atoms with van der Waals surface area (Å²) in [6, 6.07) is 19.6. The molecule has 0 bridgehead atoms. The zero-order chi connectivity index (χ0) is 29.6. The topological polar surface area (TPSA) is 154 Å². The van der Waals surface area contributed by atoms with Gasteiger partial charge in [-0.25, -0.2) is 0 Å². The van der Waals surface area contributed by atoms with Gasteiger partial charge in [0.05, 0.1) is 13.0 Å². The van der Waals surface area contributed by atoms with E-state index in [4.69, 9.17) is 0 Å². The molecule has 216 valence electrons. The number of hydrogen-bond donors (Lipinski definition) is 4. The highest BCUT2D eigenvalue weighted by molar-refractivity contribution is 6.01. The van der Waals surface area contributed by atoms with Crippen LogP contribution in [0.1, 0.15) is 33.6 Å². The quantitative estimate of drug-likeness (QED) is 0.235. The fourth-order valence-electron chi connectivity index (χ4n) is 4.93. The molecular weight excluding hydrogens is 540 g/mol. The zero-order valence-electron chi connectivity index (χ0n) is 22.6. The molecule has 42 heavy (non-hydrogen) atoms. The van der Waals surface area contributed by atoms with Crippen molar-refractivity contribution < 1.29 is 33.8 Å². The average molecular weight is 571 g/mol. The number of carbonyl (C=O) groups is 5. The minimum absolute atomic E-state index is 0.0202. The molecule has 2 heterocycles. The van der Waals surface area contributed by atoms with E-state index in [0.717, 1.165) is 10.8 Å². The fourth-order valence-corrected chi connectivity index (χ4v) is 4.93. The molecule has 1 fully saturated rings. The van der Waals surface area contributed by atoms with Crippen LogP contribution in [0.4, 0.5) is 0 Å². The SMILES string of the molecule is O=C(CN1CC(CNC(=O)c2ccccc2)=CC[C@H](NC(=O)c2ccc3ccccc3c2)C1=O)N[C@H]1CC(=O)OC1O. The number of carbonyl (C=O) groups excluding carboxylic acids is 5. The number of nitrogens with one attached hydrogen (secondary N) is 3. The van der Waals surface area contributed by atoms with Gasteiger partial charge in [0.1, 0.15) is 12.1 Å². The van der Waals surface area contributed by atoms with Gasteiger partial charge >= 0.3 is 5.97 Å². The Morgan fingerprint density at radius 1 is 0.881 bits per heavy atom. The second-order valence-electron chi connectivity index (χ2n) is 10.2. The third kappa shape index (κ3) is 6.81. The second kappa shape index (κ2) is 12.6. The molecule has 3 atom stereocenters. The van der Waals surface area contributed by atoms with E-state index in [0.29, 0.717) is 16.7 Å². The number of amides is 4. The van der Waals surface area contributed by atoms with Gasteiger partial charge in [-0.15, -0.1) is 0 Å². The highest BCUT2D eigenvalue weighted by atomic mass is 16.6. The van der Waals surface area contributed by atoms with Crippen LogP contribution < -0.4 is 16.0 Å². The Morgan fingerprint density at radius 3 is 2.36 bits per heavy atom. The van der Waals surface area contributed by atoms with Crippen LogP contribution >= 0.6 is 0 Å². The number of aliphatic hydroxyl groups excluding tert-OH is 1. The maximum Gasteiger partial charge on any atom is 0.310 e. The average Bonchev–Trinajstić information content (AvgIpc) is 3.24. The van der Waals surface area contributed by atoms with Crippen LogP contribution in [-0.4, -0.2) is 77.6 Å².